The van der Waals surface area contributed by atoms with Crippen molar-refractivity contribution in [2.75, 3.05) is 0 Å². The minimum Gasteiger partial charge on any atom is -0.457 e. The van der Waals surface area contributed by atoms with E-state index in [1.807, 2.05) is 6.08 Å². The minimum atomic E-state index is -1.32. The lowest BCUT2D eigenvalue weighted by Gasteiger charge is -2.32. The molecule has 0 aromatic rings. The molecule has 0 spiro atoms. The summed E-state index contributed by atoms with van der Waals surface area (Å²) in [6.45, 7) is 13.0. The van der Waals surface area contributed by atoms with Crippen LogP contribution in [0.15, 0.2) is 12.7 Å². The van der Waals surface area contributed by atoms with Gasteiger partial charge in [0.05, 0.1) is 0 Å². The molecule has 0 saturated heterocycles. The Kier molecular flexibility index (Phi) is 7.50. The molecule has 0 aromatic carbocycles. The topological polar surface area (TPSA) is 9.23 Å². The highest BCUT2D eigenvalue weighted by atomic mass is 28.4. The molecule has 0 bridgehead atoms. The largest absolute Gasteiger partial charge is 0.457 e. The van der Waals surface area contributed by atoms with Crippen molar-refractivity contribution in [3.05, 3.63) is 12.7 Å². The van der Waals surface area contributed by atoms with E-state index in [1.54, 1.807) is 0 Å². The molecule has 0 aliphatic heterocycles. The van der Waals surface area contributed by atoms with Gasteiger partial charge in [-0.25, -0.2) is 0 Å². The van der Waals surface area contributed by atoms with Gasteiger partial charge in [0.15, 0.2) is 17.4 Å². The second kappa shape index (κ2) is 7.43. The SMILES string of the molecule is C=CC[SiH](CC)O[Si](CC)(CC)CC. The van der Waals surface area contributed by atoms with Gasteiger partial charge in [0, 0.05) is 0 Å². The van der Waals surface area contributed by atoms with Crippen molar-refractivity contribution in [1.82, 2.24) is 0 Å². The highest BCUT2D eigenvalue weighted by Gasteiger charge is 2.30. The molecule has 0 saturated carbocycles. The molecule has 0 amide bonds. The van der Waals surface area contributed by atoms with E-state index in [-0.39, 0.29) is 0 Å². The van der Waals surface area contributed by atoms with Gasteiger partial charge in [-0.2, -0.15) is 0 Å². The molecular weight excluding hydrogens is 204 g/mol. The minimum absolute atomic E-state index is 0.947. The van der Waals surface area contributed by atoms with Crippen molar-refractivity contribution in [2.45, 2.75) is 57.9 Å². The van der Waals surface area contributed by atoms with Gasteiger partial charge in [0.25, 0.3) is 0 Å². The molecule has 3 heteroatoms. The maximum atomic E-state index is 6.48. The van der Waals surface area contributed by atoms with E-state index in [0.717, 1.165) is 6.04 Å². The third-order valence-electron chi connectivity index (χ3n) is 3.23. The third-order valence-corrected chi connectivity index (χ3v) is 12.2. The van der Waals surface area contributed by atoms with Crippen LogP contribution in [-0.2, 0) is 4.12 Å². The lowest BCUT2D eigenvalue weighted by molar-refractivity contribution is 0.543. The molecular formula is C11H26OSi2. The van der Waals surface area contributed by atoms with Crippen LogP contribution in [0.4, 0.5) is 0 Å². The summed E-state index contributed by atoms with van der Waals surface area (Å²) in [5.74, 6) is 0. The fourth-order valence-electron chi connectivity index (χ4n) is 1.84. The Bertz CT molecular complexity index is 147. The van der Waals surface area contributed by atoms with Crippen molar-refractivity contribution in [2.24, 2.45) is 0 Å². The molecule has 14 heavy (non-hydrogen) atoms. The quantitative estimate of drug-likeness (QED) is 0.453. The third kappa shape index (κ3) is 4.11. The van der Waals surface area contributed by atoms with Crippen molar-refractivity contribution in [3.8, 4) is 0 Å². The van der Waals surface area contributed by atoms with E-state index in [1.165, 1.54) is 24.2 Å². The summed E-state index contributed by atoms with van der Waals surface area (Å²) in [5, 5.41) is 0. The number of rotatable bonds is 8. The Balaban J connectivity index is 4.30. The maximum absolute atomic E-state index is 6.48. The van der Waals surface area contributed by atoms with Crippen LogP contribution in [0.1, 0.15) is 27.7 Å². The molecule has 1 unspecified atom stereocenters. The monoisotopic (exact) mass is 230 g/mol. The number of hydrogen-bond acceptors (Lipinski definition) is 1. The van der Waals surface area contributed by atoms with Crippen LogP contribution in [0.2, 0.25) is 30.2 Å². The molecule has 0 heterocycles. The molecule has 1 atom stereocenters. The fraction of sp³-hybridized carbons (Fsp3) is 0.818. The van der Waals surface area contributed by atoms with Crippen LogP contribution < -0.4 is 0 Å². The predicted octanol–water partition coefficient (Wildman–Crippen LogP) is 3.94. The standard InChI is InChI=1S/C11H26OSi2/c1-6-11-13(7-2)12-14(8-3,9-4)10-5/h6,13H,1,7-11H2,2-5H3. The van der Waals surface area contributed by atoms with Gasteiger partial charge in [-0.05, 0) is 30.2 Å². The number of allylic oxidation sites excluding steroid dienone is 1. The molecule has 0 aliphatic rings. The average Bonchev–Trinajstić information content (AvgIpc) is 2.25. The predicted molar refractivity (Wildman–Crippen MR) is 70.9 cm³/mol. The van der Waals surface area contributed by atoms with E-state index in [0.29, 0.717) is 0 Å². The zero-order valence-electron chi connectivity index (χ0n) is 10.3. The summed E-state index contributed by atoms with van der Waals surface area (Å²) >= 11 is 0. The maximum Gasteiger partial charge on any atom is 0.178 e. The highest BCUT2D eigenvalue weighted by Crippen LogP contribution is 2.24. The smallest absolute Gasteiger partial charge is 0.178 e. The molecule has 0 N–H and O–H groups in total. The summed E-state index contributed by atoms with van der Waals surface area (Å²) < 4.78 is 6.48. The summed E-state index contributed by atoms with van der Waals surface area (Å²) in [4.78, 5) is 0. The van der Waals surface area contributed by atoms with E-state index in [9.17, 15) is 0 Å². The highest BCUT2D eigenvalue weighted by molar-refractivity contribution is 6.80. The Morgan fingerprint density at radius 2 is 1.64 bits per heavy atom. The fourth-order valence-corrected chi connectivity index (χ4v) is 9.92. The number of hydrogen-bond donors (Lipinski definition) is 0. The first-order valence-electron chi connectivity index (χ1n) is 5.96. The van der Waals surface area contributed by atoms with E-state index in [4.69, 9.17) is 4.12 Å². The lowest BCUT2D eigenvalue weighted by Crippen LogP contribution is -2.41. The average molecular weight is 230 g/mol. The van der Waals surface area contributed by atoms with Crippen molar-refractivity contribution in [3.63, 3.8) is 0 Å². The van der Waals surface area contributed by atoms with Crippen molar-refractivity contribution >= 4 is 17.4 Å². The Morgan fingerprint density at radius 3 is 1.93 bits per heavy atom. The van der Waals surface area contributed by atoms with Gasteiger partial charge in [-0.15, -0.1) is 6.58 Å². The Hall–Kier alpha value is 0.134. The van der Waals surface area contributed by atoms with Crippen molar-refractivity contribution in [1.29, 1.82) is 0 Å². The van der Waals surface area contributed by atoms with Crippen LogP contribution in [0.5, 0.6) is 0 Å². The molecule has 1 nitrogen and oxygen atoms in total. The molecule has 0 aromatic heterocycles. The van der Waals surface area contributed by atoms with Crippen LogP contribution in [0, 0.1) is 0 Å². The first-order valence-corrected chi connectivity index (χ1v) is 10.6. The van der Waals surface area contributed by atoms with Gasteiger partial charge in [-0.3, -0.25) is 0 Å². The molecule has 0 fully saturated rings. The molecule has 0 aliphatic carbocycles. The zero-order valence-corrected chi connectivity index (χ0v) is 12.5. The van der Waals surface area contributed by atoms with Crippen LogP contribution in [-0.4, -0.2) is 17.4 Å². The second-order valence-electron chi connectivity index (χ2n) is 3.92. The van der Waals surface area contributed by atoms with E-state index < -0.39 is 17.4 Å². The normalized spacial score (nSPS) is 14.0. The Labute approximate surface area is 92.4 Å². The summed E-state index contributed by atoms with van der Waals surface area (Å²) in [6, 6.07) is 6.23. The first kappa shape index (κ1) is 14.1. The van der Waals surface area contributed by atoms with E-state index in [2.05, 4.69) is 34.3 Å². The summed E-state index contributed by atoms with van der Waals surface area (Å²) in [7, 11) is -2.27. The lowest BCUT2D eigenvalue weighted by atomic mass is 10.8. The second-order valence-corrected chi connectivity index (χ2v) is 11.9. The van der Waals surface area contributed by atoms with Crippen LogP contribution in [0.3, 0.4) is 0 Å². The van der Waals surface area contributed by atoms with Crippen LogP contribution in [0.25, 0.3) is 0 Å². The van der Waals surface area contributed by atoms with Gasteiger partial charge in [-0.1, -0.05) is 33.8 Å². The van der Waals surface area contributed by atoms with Crippen LogP contribution >= 0.6 is 0 Å². The Morgan fingerprint density at radius 1 is 1.14 bits per heavy atom. The van der Waals surface area contributed by atoms with Crippen molar-refractivity contribution < 1.29 is 4.12 Å². The van der Waals surface area contributed by atoms with Gasteiger partial charge >= 0.3 is 0 Å². The van der Waals surface area contributed by atoms with E-state index >= 15 is 0 Å². The zero-order chi connectivity index (χ0) is 11.0. The van der Waals surface area contributed by atoms with Gasteiger partial charge < -0.3 is 4.12 Å². The van der Waals surface area contributed by atoms with Gasteiger partial charge in [0.2, 0.25) is 0 Å². The molecule has 0 rings (SSSR count). The first-order chi connectivity index (χ1) is 6.67. The molecule has 0 radical (unpaired) electrons. The summed E-state index contributed by atoms with van der Waals surface area (Å²) in [6.07, 6.45) is 2.04. The molecule has 84 valence electrons. The summed E-state index contributed by atoms with van der Waals surface area (Å²) in [5.41, 5.74) is 0. The van der Waals surface area contributed by atoms with Gasteiger partial charge in [0.1, 0.15) is 0 Å².